The van der Waals surface area contributed by atoms with Gasteiger partial charge in [-0.25, -0.2) is 9.18 Å². The maximum atomic E-state index is 14.3. The third kappa shape index (κ3) is 2.65. The molecule has 4 N–H and O–H groups in total. The predicted molar refractivity (Wildman–Crippen MR) is 89.7 cm³/mol. The summed E-state index contributed by atoms with van der Waals surface area (Å²) in [5.74, 6) is -0.660. The highest BCUT2D eigenvalue weighted by Gasteiger charge is 2.63. The van der Waals surface area contributed by atoms with E-state index in [1.54, 1.807) is 6.92 Å². The third-order valence-electron chi connectivity index (χ3n) is 4.34. The molecular formula is C14H16BrFN2O4S. The number of halogens is 2. The van der Waals surface area contributed by atoms with Gasteiger partial charge in [0.2, 0.25) is 0 Å². The standard InChI is InChI=1S/C14H16BrFN2O4S/c1-13(9-6-8(15)2-3-10(9)16)7-23(21,22)14(4-5-14)11(18-13)17-12(19)20/h2-3,6,21-22H,4-5,7H2,1H3,(H,17,18)(H,19,20). The Morgan fingerprint density at radius 1 is 1.43 bits per heavy atom. The van der Waals surface area contributed by atoms with Crippen LogP contribution in [-0.4, -0.2) is 36.6 Å². The quantitative estimate of drug-likeness (QED) is 0.569. The zero-order chi connectivity index (χ0) is 17.0. The molecule has 1 atom stereocenters. The van der Waals surface area contributed by atoms with Gasteiger partial charge in [0.25, 0.3) is 0 Å². The summed E-state index contributed by atoms with van der Waals surface area (Å²) in [6, 6.07) is 4.32. The normalized spacial score (nSPS) is 28.8. The van der Waals surface area contributed by atoms with Gasteiger partial charge in [-0.15, -0.1) is 0 Å². The molecule has 0 bridgehead atoms. The van der Waals surface area contributed by atoms with Crippen LogP contribution in [0.25, 0.3) is 0 Å². The van der Waals surface area contributed by atoms with E-state index in [0.717, 1.165) is 0 Å². The number of rotatable bonds is 1. The Morgan fingerprint density at radius 2 is 2.09 bits per heavy atom. The van der Waals surface area contributed by atoms with Crippen molar-refractivity contribution in [3.63, 3.8) is 0 Å². The molecule has 6 nitrogen and oxygen atoms in total. The fourth-order valence-corrected chi connectivity index (χ4v) is 5.84. The number of carboxylic acid groups (broad SMARTS) is 1. The smallest absolute Gasteiger partial charge is 0.410 e. The average Bonchev–Trinajstić information content (AvgIpc) is 3.20. The van der Waals surface area contributed by atoms with Crippen LogP contribution in [0.2, 0.25) is 0 Å². The maximum absolute atomic E-state index is 14.3. The van der Waals surface area contributed by atoms with E-state index >= 15 is 0 Å². The van der Waals surface area contributed by atoms with E-state index in [-0.39, 0.29) is 17.2 Å². The van der Waals surface area contributed by atoms with Gasteiger partial charge in [0.15, 0.2) is 0 Å². The monoisotopic (exact) mass is 406 g/mol. The van der Waals surface area contributed by atoms with Crippen LogP contribution in [0.4, 0.5) is 9.18 Å². The first-order chi connectivity index (χ1) is 10.6. The molecule has 1 fully saturated rings. The van der Waals surface area contributed by atoms with Crippen LogP contribution >= 0.6 is 26.5 Å². The molecule has 1 unspecified atom stereocenters. The SMILES string of the molecule is CC1(c2cc(Br)ccc2F)CS(O)(O)C2(CC2)C(NC(=O)O)=N1. The van der Waals surface area contributed by atoms with Gasteiger partial charge in [-0.1, -0.05) is 15.9 Å². The molecule has 1 heterocycles. The number of hydrogen-bond acceptors (Lipinski definition) is 4. The highest BCUT2D eigenvalue weighted by molar-refractivity contribution is 9.10. The third-order valence-corrected chi connectivity index (χ3v) is 7.65. The van der Waals surface area contributed by atoms with Crippen molar-refractivity contribution in [1.82, 2.24) is 5.32 Å². The Labute approximate surface area is 142 Å². The second-order valence-corrected chi connectivity index (χ2v) is 9.41. The highest BCUT2D eigenvalue weighted by Crippen LogP contribution is 2.70. The number of hydrogen-bond donors (Lipinski definition) is 4. The number of benzene rings is 1. The summed E-state index contributed by atoms with van der Waals surface area (Å²) in [4.78, 5) is 15.4. The van der Waals surface area contributed by atoms with E-state index in [9.17, 15) is 18.3 Å². The van der Waals surface area contributed by atoms with Gasteiger partial charge in [0.05, 0.1) is 5.75 Å². The van der Waals surface area contributed by atoms with Crippen LogP contribution in [-0.2, 0) is 5.54 Å². The van der Waals surface area contributed by atoms with Gasteiger partial charge >= 0.3 is 6.09 Å². The first-order valence-electron chi connectivity index (χ1n) is 6.91. The Bertz CT molecular complexity index is 723. The van der Waals surface area contributed by atoms with E-state index in [0.29, 0.717) is 17.3 Å². The van der Waals surface area contributed by atoms with Crippen molar-refractivity contribution in [2.75, 3.05) is 5.75 Å². The van der Waals surface area contributed by atoms with Crippen molar-refractivity contribution in [1.29, 1.82) is 0 Å². The predicted octanol–water partition coefficient (Wildman–Crippen LogP) is 3.77. The maximum Gasteiger partial charge on any atom is 0.410 e. The van der Waals surface area contributed by atoms with Crippen LogP contribution in [0.15, 0.2) is 27.7 Å². The van der Waals surface area contributed by atoms with Crippen molar-refractivity contribution < 1.29 is 23.4 Å². The molecule has 0 saturated heterocycles. The Kier molecular flexibility index (Phi) is 3.75. The summed E-state index contributed by atoms with van der Waals surface area (Å²) < 4.78 is 35.1. The van der Waals surface area contributed by atoms with Gasteiger partial charge in [0.1, 0.15) is 21.9 Å². The summed E-state index contributed by atoms with van der Waals surface area (Å²) in [5, 5.41) is 11.2. The van der Waals surface area contributed by atoms with Gasteiger partial charge < -0.3 is 5.11 Å². The second kappa shape index (κ2) is 5.17. The lowest BCUT2D eigenvalue weighted by Gasteiger charge is -2.49. The molecular weight excluding hydrogens is 391 g/mol. The molecule has 1 amide bonds. The molecule has 23 heavy (non-hydrogen) atoms. The first-order valence-corrected chi connectivity index (χ1v) is 9.42. The van der Waals surface area contributed by atoms with Crippen molar-refractivity contribution in [2.24, 2.45) is 4.99 Å². The minimum Gasteiger partial charge on any atom is -0.465 e. The van der Waals surface area contributed by atoms with Crippen LogP contribution in [0, 0.1) is 5.82 Å². The van der Waals surface area contributed by atoms with E-state index < -0.39 is 32.8 Å². The molecule has 1 spiro atoms. The molecule has 1 saturated carbocycles. The summed E-state index contributed by atoms with van der Waals surface area (Å²) in [6.07, 6.45) is -0.430. The Balaban J connectivity index is 2.15. The van der Waals surface area contributed by atoms with E-state index in [1.165, 1.54) is 18.2 Å². The average molecular weight is 407 g/mol. The fourth-order valence-electron chi connectivity index (χ4n) is 3.03. The topological polar surface area (TPSA) is 102 Å². The number of nitrogens with one attached hydrogen (secondary N) is 1. The van der Waals surface area contributed by atoms with Gasteiger partial charge in [-0.2, -0.15) is 10.6 Å². The van der Waals surface area contributed by atoms with Crippen molar-refractivity contribution in [2.45, 2.75) is 30.1 Å². The molecule has 1 aliphatic heterocycles. The van der Waals surface area contributed by atoms with Gasteiger partial charge in [0, 0.05) is 10.0 Å². The van der Waals surface area contributed by atoms with Gasteiger partial charge in [-0.05, 0) is 38.0 Å². The molecule has 0 radical (unpaired) electrons. The largest absolute Gasteiger partial charge is 0.465 e. The molecule has 0 aromatic heterocycles. The molecule has 3 rings (SSSR count). The Morgan fingerprint density at radius 3 is 2.65 bits per heavy atom. The number of nitrogens with zero attached hydrogens (tertiary/aromatic N) is 1. The summed E-state index contributed by atoms with van der Waals surface area (Å²) in [5.41, 5.74) is -1.08. The summed E-state index contributed by atoms with van der Waals surface area (Å²) in [7, 11) is -3.17. The molecule has 9 heteroatoms. The molecule has 1 aliphatic carbocycles. The highest BCUT2D eigenvalue weighted by atomic mass is 79.9. The second-order valence-electron chi connectivity index (χ2n) is 6.09. The van der Waals surface area contributed by atoms with Crippen LogP contribution in [0.3, 0.4) is 0 Å². The first kappa shape index (κ1) is 16.7. The fraction of sp³-hybridized carbons (Fsp3) is 0.429. The van der Waals surface area contributed by atoms with Crippen LogP contribution in [0.1, 0.15) is 25.3 Å². The number of amidine groups is 1. The minimum absolute atomic E-state index is 0.0122. The van der Waals surface area contributed by atoms with E-state index in [4.69, 9.17) is 5.11 Å². The number of amides is 1. The Hall–Kier alpha value is -1.16. The lowest BCUT2D eigenvalue weighted by atomic mass is 9.93. The summed E-state index contributed by atoms with van der Waals surface area (Å²) in [6.45, 7) is 1.57. The molecule has 126 valence electrons. The molecule has 2 aliphatic rings. The lowest BCUT2D eigenvalue weighted by Crippen LogP contribution is -2.51. The van der Waals surface area contributed by atoms with Crippen LogP contribution < -0.4 is 5.32 Å². The zero-order valence-electron chi connectivity index (χ0n) is 12.2. The van der Waals surface area contributed by atoms with Crippen molar-refractivity contribution in [3.05, 3.63) is 34.1 Å². The molecule has 1 aromatic rings. The lowest BCUT2D eigenvalue weighted by molar-refractivity contribution is 0.200. The minimum atomic E-state index is -3.17. The number of aliphatic imine (C=N–C) groups is 1. The van der Waals surface area contributed by atoms with Crippen LogP contribution in [0.5, 0.6) is 0 Å². The van der Waals surface area contributed by atoms with Crippen molar-refractivity contribution in [3.8, 4) is 0 Å². The summed E-state index contributed by atoms with van der Waals surface area (Å²) >= 11 is 3.26. The van der Waals surface area contributed by atoms with Crippen molar-refractivity contribution >= 4 is 38.4 Å². The zero-order valence-corrected chi connectivity index (χ0v) is 14.6. The molecule has 1 aromatic carbocycles. The van der Waals surface area contributed by atoms with Gasteiger partial charge in [-0.3, -0.25) is 19.4 Å². The number of carbonyl (C=O) groups is 1. The van der Waals surface area contributed by atoms with E-state index in [2.05, 4.69) is 26.2 Å². The van der Waals surface area contributed by atoms with E-state index in [1.807, 2.05) is 0 Å².